The van der Waals surface area contributed by atoms with Crippen molar-refractivity contribution in [3.05, 3.63) is 53.1 Å². The van der Waals surface area contributed by atoms with Crippen LogP contribution in [0, 0.1) is 11.3 Å². The fraction of sp³-hybridized carbons (Fsp3) is 0.118. The Hall–Kier alpha value is -2.07. The number of carbonyl (C=O) groups is 1. The number of thioether (sulfide) groups is 1. The minimum absolute atomic E-state index is 0.109. The standard InChI is InChI=1S/C17H12ClN3OS2/c1-10(16(22)20-13-5-2-11(9-19)3-6-13)23-17-21-14-8-12(18)4-7-15(14)24-17/h2-8,10H,1H3,(H,20,22)/t10-/m0/s1. The number of nitrogens with one attached hydrogen (secondary N) is 1. The molecule has 0 saturated heterocycles. The van der Waals surface area contributed by atoms with E-state index in [1.165, 1.54) is 11.8 Å². The molecule has 0 bridgehead atoms. The SMILES string of the molecule is C[C@H](Sc1nc2cc(Cl)ccc2s1)C(=O)Nc1ccc(C#N)cc1. The van der Waals surface area contributed by atoms with Crippen LogP contribution in [0.15, 0.2) is 46.8 Å². The topological polar surface area (TPSA) is 65.8 Å². The van der Waals surface area contributed by atoms with Gasteiger partial charge in [-0.3, -0.25) is 4.79 Å². The summed E-state index contributed by atoms with van der Waals surface area (Å²) in [4.78, 5) is 16.8. The Morgan fingerprint density at radius 1 is 1.33 bits per heavy atom. The smallest absolute Gasteiger partial charge is 0.237 e. The molecule has 0 aliphatic rings. The van der Waals surface area contributed by atoms with Crippen molar-refractivity contribution in [3.63, 3.8) is 0 Å². The zero-order chi connectivity index (χ0) is 17.1. The van der Waals surface area contributed by atoms with Gasteiger partial charge in [-0.15, -0.1) is 11.3 Å². The molecule has 7 heteroatoms. The zero-order valence-electron chi connectivity index (χ0n) is 12.6. The van der Waals surface area contributed by atoms with Gasteiger partial charge in [0.05, 0.1) is 27.1 Å². The van der Waals surface area contributed by atoms with E-state index in [4.69, 9.17) is 16.9 Å². The van der Waals surface area contributed by atoms with E-state index in [2.05, 4.69) is 10.3 Å². The maximum atomic E-state index is 12.3. The number of benzene rings is 2. The molecule has 120 valence electrons. The summed E-state index contributed by atoms with van der Waals surface area (Å²) < 4.78 is 1.87. The second-order valence-electron chi connectivity index (χ2n) is 5.03. The average Bonchev–Trinajstić information content (AvgIpc) is 2.96. The number of halogens is 1. The molecule has 1 N–H and O–H groups in total. The minimum Gasteiger partial charge on any atom is -0.325 e. The number of thiazole rings is 1. The predicted octanol–water partition coefficient (Wildman–Crippen LogP) is 4.94. The lowest BCUT2D eigenvalue weighted by Gasteiger charge is -2.10. The van der Waals surface area contributed by atoms with Crippen molar-refractivity contribution < 1.29 is 4.79 Å². The van der Waals surface area contributed by atoms with E-state index >= 15 is 0 Å². The predicted molar refractivity (Wildman–Crippen MR) is 99.7 cm³/mol. The molecule has 0 spiro atoms. The number of hydrogen-bond acceptors (Lipinski definition) is 5. The Bertz CT molecular complexity index is 931. The van der Waals surface area contributed by atoms with Crippen LogP contribution in [0.25, 0.3) is 10.2 Å². The Balaban J connectivity index is 1.67. The van der Waals surface area contributed by atoms with E-state index < -0.39 is 0 Å². The van der Waals surface area contributed by atoms with E-state index in [1.54, 1.807) is 35.6 Å². The third kappa shape index (κ3) is 3.88. The minimum atomic E-state index is -0.295. The van der Waals surface area contributed by atoms with Crippen molar-refractivity contribution in [2.75, 3.05) is 5.32 Å². The monoisotopic (exact) mass is 373 g/mol. The third-order valence-corrected chi connectivity index (χ3v) is 5.72. The van der Waals surface area contributed by atoms with Crippen molar-refractivity contribution in [2.45, 2.75) is 16.5 Å². The van der Waals surface area contributed by atoms with Gasteiger partial charge in [0, 0.05) is 10.7 Å². The van der Waals surface area contributed by atoms with Gasteiger partial charge in [0.15, 0.2) is 4.34 Å². The van der Waals surface area contributed by atoms with Crippen LogP contribution < -0.4 is 5.32 Å². The molecule has 24 heavy (non-hydrogen) atoms. The second-order valence-corrected chi connectivity index (χ2v) is 8.09. The molecule has 2 aromatic carbocycles. The van der Waals surface area contributed by atoms with E-state index in [1.807, 2.05) is 31.2 Å². The van der Waals surface area contributed by atoms with Crippen molar-refractivity contribution >= 4 is 56.5 Å². The molecular formula is C17H12ClN3OS2. The molecule has 3 rings (SSSR count). The van der Waals surface area contributed by atoms with Gasteiger partial charge in [-0.2, -0.15) is 5.26 Å². The Kier molecular flexibility index (Phi) is 5.05. The Morgan fingerprint density at radius 3 is 2.79 bits per heavy atom. The lowest BCUT2D eigenvalue weighted by Crippen LogP contribution is -2.22. The molecule has 0 radical (unpaired) electrons. The van der Waals surface area contributed by atoms with Crippen LogP contribution in [-0.2, 0) is 4.79 Å². The highest BCUT2D eigenvalue weighted by Gasteiger charge is 2.17. The molecule has 3 aromatic rings. The summed E-state index contributed by atoms with van der Waals surface area (Å²) in [6.45, 7) is 1.84. The van der Waals surface area contributed by atoms with Crippen LogP contribution in [0.3, 0.4) is 0 Å². The molecule has 1 heterocycles. The summed E-state index contributed by atoms with van der Waals surface area (Å²) in [5, 5.41) is 12.0. The number of aromatic nitrogens is 1. The Morgan fingerprint density at radius 2 is 2.08 bits per heavy atom. The molecule has 0 saturated carbocycles. The number of hydrogen-bond donors (Lipinski definition) is 1. The van der Waals surface area contributed by atoms with Crippen LogP contribution in [0.5, 0.6) is 0 Å². The molecule has 0 aliphatic heterocycles. The van der Waals surface area contributed by atoms with Crippen molar-refractivity contribution in [1.29, 1.82) is 5.26 Å². The van der Waals surface area contributed by atoms with Gasteiger partial charge in [0.1, 0.15) is 0 Å². The maximum Gasteiger partial charge on any atom is 0.237 e. The van der Waals surface area contributed by atoms with Gasteiger partial charge >= 0.3 is 0 Å². The average molecular weight is 374 g/mol. The lowest BCUT2D eigenvalue weighted by atomic mass is 10.2. The summed E-state index contributed by atoms with van der Waals surface area (Å²) in [6, 6.07) is 14.4. The largest absolute Gasteiger partial charge is 0.325 e. The number of nitrogens with zero attached hydrogens (tertiary/aromatic N) is 2. The number of anilines is 1. The van der Waals surface area contributed by atoms with Crippen LogP contribution in [0.4, 0.5) is 5.69 Å². The van der Waals surface area contributed by atoms with Crippen molar-refractivity contribution in [1.82, 2.24) is 4.98 Å². The number of rotatable bonds is 4. The summed E-state index contributed by atoms with van der Waals surface area (Å²) in [5.74, 6) is -0.109. The maximum absolute atomic E-state index is 12.3. The van der Waals surface area contributed by atoms with Gasteiger partial charge in [-0.25, -0.2) is 4.98 Å². The zero-order valence-corrected chi connectivity index (χ0v) is 15.0. The number of fused-ring (bicyclic) bond motifs is 1. The molecule has 0 aliphatic carbocycles. The summed E-state index contributed by atoms with van der Waals surface area (Å²) in [5.41, 5.74) is 2.07. The highest BCUT2D eigenvalue weighted by Crippen LogP contribution is 2.33. The first kappa shape index (κ1) is 16.8. The molecule has 0 unspecified atom stereocenters. The van der Waals surface area contributed by atoms with Crippen LogP contribution in [-0.4, -0.2) is 16.1 Å². The lowest BCUT2D eigenvalue weighted by molar-refractivity contribution is -0.115. The molecule has 0 fully saturated rings. The van der Waals surface area contributed by atoms with Crippen molar-refractivity contribution in [3.8, 4) is 6.07 Å². The number of carbonyl (C=O) groups excluding carboxylic acids is 1. The van der Waals surface area contributed by atoms with Gasteiger partial charge in [-0.05, 0) is 49.4 Å². The molecule has 1 amide bonds. The fourth-order valence-corrected chi connectivity index (χ4v) is 4.36. The molecule has 1 aromatic heterocycles. The third-order valence-electron chi connectivity index (χ3n) is 3.26. The first-order chi connectivity index (χ1) is 11.5. The van der Waals surface area contributed by atoms with Gasteiger partial charge in [-0.1, -0.05) is 23.4 Å². The second kappa shape index (κ2) is 7.22. The normalized spacial score (nSPS) is 11.9. The first-order valence-corrected chi connectivity index (χ1v) is 9.16. The van der Waals surface area contributed by atoms with Crippen LogP contribution in [0.1, 0.15) is 12.5 Å². The summed E-state index contributed by atoms with van der Waals surface area (Å²) >= 11 is 8.92. The van der Waals surface area contributed by atoms with Crippen LogP contribution >= 0.6 is 34.7 Å². The van der Waals surface area contributed by atoms with Gasteiger partial charge in [0.2, 0.25) is 5.91 Å². The quantitative estimate of drug-likeness (QED) is 0.658. The summed E-state index contributed by atoms with van der Waals surface area (Å²) in [7, 11) is 0. The van der Waals surface area contributed by atoms with E-state index in [0.29, 0.717) is 16.3 Å². The van der Waals surface area contributed by atoms with E-state index in [9.17, 15) is 4.79 Å². The number of nitriles is 1. The van der Waals surface area contributed by atoms with Gasteiger partial charge in [0.25, 0.3) is 0 Å². The summed E-state index contributed by atoms with van der Waals surface area (Å²) in [6.07, 6.45) is 0. The van der Waals surface area contributed by atoms with Crippen molar-refractivity contribution in [2.24, 2.45) is 0 Å². The van der Waals surface area contributed by atoms with Gasteiger partial charge < -0.3 is 5.32 Å². The first-order valence-electron chi connectivity index (χ1n) is 7.09. The molecule has 1 atom stereocenters. The molecular weight excluding hydrogens is 362 g/mol. The highest BCUT2D eigenvalue weighted by atomic mass is 35.5. The number of amides is 1. The highest BCUT2D eigenvalue weighted by molar-refractivity contribution is 8.02. The Labute approximate surface area is 152 Å². The van der Waals surface area contributed by atoms with E-state index in [-0.39, 0.29) is 11.2 Å². The molecule has 4 nitrogen and oxygen atoms in total. The van der Waals surface area contributed by atoms with E-state index in [0.717, 1.165) is 14.6 Å². The fourth-order valence-electron chi connectivity index (χ4n) is 2.01. The van der Waals surface area contributed by atoms with Crippen LogP contribution in [0.2, 0.25) is 5.02 Å².